The molecule has 4 atom stereocenters. The number of methoxy groups -OCH3 is 1. The molecule has 0 bridgehead atoms. The summed E-state index contributed by atoms with van der Waals surface area (Å²) in [6.07, 6.45) is 2.78. The van der Waals surface area contributed by atoms with Crippen molar-refractivity contribution in [2.24, 2.45) is 5.92 Å². The molecule has 1 saturated carbocycles. The number of rotatable bonds is 6. The number of benzene rings is 1. The standard InChI is InChI=1S/C27H35N3O4S/c1-27(2,3)29-18-10-11-21(19(16-18)26(33)34-4)30-15-14-20(25(30)32)28-24(31)23-13-12-22(35-23)17-8-6-5-7-9-17/h5-9,12-13,18-21,29H,10-11,14-16H2,1-4H3,(H,28,31)/t18-,19-,20+,21+/m1/s1. The van der Waals surface area contributed by atoms with E-state index < -0.39 is 6.04 Å². The van der Waals surface area contributed by atoms with Gasteiger partial charge in [0.25, 0.3) is 5.91 Å². The van der Waals surface area contributed by atoms with E-state index in [9.17, 15) is 14.4 Å². The molecule has 1 saturated heterocycles. The van der Waals surface area contributed by atoms with Gasteiger partial charge in [-0.2, -0.15) is 0 Å². The predicted molar refractivity (Wildman–Crippen MR) is 137 cm³/mol. The molecule has 35 heavy (non-hydrogen) atoms. The second-order valence-corrected chi connectivity index (χ2v) is 11.6. The molecular weight excluding hydrogens is 462 g/mol. The van der Waals surface area contributed by atoms with Crippen molar-refractivity contribution in [1.82, 2.24) is 15.5 Å². The van der Waals surface area contributed by atoms with Gasteiger partial charge in [-0.3, -0.25) is 14.4 Å². The van der Waals surface area contributed by atoms with Crippen molar-refractivity contribution in [2.75, 3.05) is 13.7 Å². The summed E-state index contributed by atoms with van der Waals surface area (Å²) in [6, 6.07) is 13.1. The molecule has 0 spiro atoms. The number of amides is 2. The number of nitrogens with zero attached hydrogens (tertiary/aromatic N) is 1. The summed E-state index contributed by atoms with van der Waals surface area (Å²) in [5.41, 5.74) is 1.00. The number of esters is 1. The van der Waals surface area contributed by atoms with Crippen LogP contribution < -0.4 is 10.6 Å². The van der Waals surface area contributed by atoms with E-state index in [0.29, 0.717) is 24.3 Å². The zero-order chi connectivity index (χ0) is 25.2. The maximum Gasteiger partial charge on any atom is 0.310 e. The average molecular weight is 498 g/mol. The monoisotopic (exact) mass is 497 g/mol. The van der Waals surface area contributed by atoms with Gasteiger partial charge in [0.15, 0.2) is 0 Å². The quantitative estimate of drug-likeness (QED) is 0.592. The molecule has 8 heteroatoms. The molecule has 1 aliphatic carbocycles. The van der Waals surface area contributed by atoms with E-state index in [1.807, 2.05) is 36.4 Å². The lowest BCUT2D eigenvalue weighted by Gasteiger charge is -2.41. The Labute approximate surface area is 211 Å². The van der Waals surface area contributed by atoms with E-state index in [0.717, 1.165) is 23.3 Å². The van der Waals surface area contributed by atoms with Crippen LogP contribution in [0.25, 0.3) is 10.4 Å². The largest absolute Gasteiger partial charge is 0.469 e. The van der Waals surface area contributed by atoms with Gasteiger partial charge in [0.2, 0.25) is 5.91 Å². The zero-order valence-corrected chi connectivity index (χ0v) is 21.7. The Morgan fingerprint density at radius 2 is 1.80 bits per heavy atom. The molecule has 0 radical (unpaired) electrons. The van der Waals surface area contributed by atoms with Crippen LogP contribution in [0.1, 0.15) is 56.1 Å². The van der Waals surface area contributed by atoms with Gasteiger partial charge in [0, 0.05) is 29.0 Å². The van der Waals surface area contributed by atoms with Crippen LogP contribution in [0.15, 0.2) is 42.5 Å². The van der Waals surface area contributed by atoms with Gasteiger partial charge < -0.3 is 20.3 Å². The van der Waals surface area contributed by atoms with Crippen LogP contribution in [0.5, 0.6) is 0 Å². The van der Waals surface area contributed by atoms with Gasteiger partial charge >= 0.3 is 5.97 Å². The summed E-state index contributed by atoms with van der Waals surface area (Å²) in [5, 5.41) is 6.52. The number of likely N-dealkylation sites (tertiary alicyclic amines) is 1. The lowest BCUT2D eigenvalue weighted by Crippen LogP contribution is -2.55. The molecule has 1 aliphatic heterocycles. The van der Waals surface area contributed by atoms with Crippen molar-refractivity contribution in [3.63, 3.8) is 0 Å². The number of thiophene rings is 1. The average Bonchev–Trinajstić information content (AvgIpc) is 3.46. The summed E-state index contributed by atoms with van der Waals surface area (Å²) < 4.78 is 5.11. The van der Waals surface area contributed by atoms with Crippen LogP contribution in [0, 0.1) is 5.92 Å². The lowest BCUT2D eigenvalue weighted by molar-refractivity contribution is -0.151. The maximum absolute atomic E-state index is 13.3. The predicted octanol–water partition coefficient (Wildman–Crippen LogP) is 3.84. The first-order valence-corrected chi connectivity index (χ1v) is 13.1. The van der Waals surface area contributed by atoms with Crippen molar-refractivity contribution in [1.29, 1.82) is 0 Å². The Balaban J connectivity index is 1.41. The fourth-order valence-corrected chi connectivity index (χ4v) is 6.20. The van der Waals surface area contributed by atoms with Crippen molar-refractivity contribution < 1.29 is 19.1 Å². The smallest absolute Gasteiger partial charge is 0.310 e. The van der Waals surface area contributed by atoms with Crippen molar-refractivity contribution >= 4 is 29.1 Å². The van der Waals surface area contributed by atoms with Crippen molar-refractivity contribution in [3.05, 3.63) is 47.3 Å². The van der Waals surface area contributed by atoms with Gasteiger partial charge in [0.1, 0.15) is 6.04 Å². The van der Waals surface area contributed by atoms with E-state index >= 15 is 0 Å². The van der Waals surface area contributed by atoms with Crippen LogP contribution in [-0.2, 0) is 14.3 Å². The molecule has 0 unspecified atom stereocenters. The first-order chi connectivity index (χ1) is 16.7. The van der Waals surface area contributed by atoms with Crippen LogP contribution in [0.3, 0.4) is 0 Å². The normalized spacial score (nSPS) is 24.9. The summed E-state index contributed by atoms with van der Waals surface area (Å²) in [5.74, 6) is -1.00. The fourth-order valence-electron chi connectivity index (χ4n) is 5.29. The Kier molecular flexibility index (Phi) is 7.62. The Bertz CT molecular complexity index is 1060. The number of nitrogens with one attached hydrogen (secondary N) is 2. The third kappa shape index (κ3) is 5.93. The Morgan fingerprint density at radius 1 is 1.06 bits per heavy atom. The topological polar surface area (TPSA) is 87.7 Å². The summed E-state index contributed by atoms with van der Waals surface area (Å²) in [4.78, 5) is 42.3. The number of hydrogen-bond donors (Lipinski definition) is 2. The molecule has 4 rings (SSSR count). The molecule has 2 fully saturated rings. The fraction of sp³-hybridized carbons (Fsp3) is 0.519. The van der Waals surface area contributed by atoms with Gasteiger partial charge in [-0.25, -0.2) is 0 Å². The van der Waals surface area contributed by atoms with Crippen LogP contribution in [-0.4, -0.2) is 60.0 Å². The maximum atomic E-state index is 13.3. The second-order valence-electron chi connectivity index (χ2n) is 10.5. The lowest BCUT2D eigenvalue weighted by atomic mass is 9.80. The van der Waals surface area contributed by atoms with E-state index in [4.69, 9.17) is 4.74 Å². The van der Waals surface area contributed by atoms with E-state index in [2.05, 4.69) is 31.4 Å². The zero-order valence-electron chi connectivity index (χ0n) is 20.9. The molecule has 7 nitrogen and oxygen atoms in total. The molecule has 2 amide bonds. The summed E-state index contributed by atoms with van der Waals surface area (Å²) >= 11 is 1.41. The highest BCUT2D eigenvalue weighted by Gasteiger charge is 2.45. The highest BCUT2D eigenvalue weighted by Crippen LogP contribution is 2.34. The minimum absolute atomic E-state index is 0.0564. The van der Waals surface area contributed by atoms with E-state index in [1.54, 1.807) is 11.0 Å². The Morgan fingerprint density at radius 3 is 2.49 bits per heavy atom. The number of hydrogen-bond acceptors (Lipinski definition) is 6. The third-order valence-corrected chi connectivity index (χ3v) is 7.92. The Hall–Kier alpha value is -2.71. The molecule has 1 aromatic heterocycles. The first kappa shape index (κ1) is 25.4. The molecule has 1 aromatic carbocycles. The summed E-state index contributed by atoms with van der Waals surface area (Å²) in [7, 11) is 1.40. The minimum Gasteiger partial charge on any atom is -0.469 e. The van der Waals surface area contributed by atoms with Crippen molar-refractivity contribution in [2.45, 2.75) is 70.1 Å². The second kappa shape index (κ2) is 10.5. The summed E-state index contributed by atoms with van der Waals surface area (Å²) in [6.45, 7) is 6.86. The first-order valence-electron chi connectivity index (χ1n) is 12.3. The molecule has 188 valence electrons. The number of carbonyl (C=O) groups excluding carboxylic acids is 3. The van der Waals surface area contributed by atoms with E-state index in [-0.39, 0.29) is 41.3 Å². The number of ether oxygens (including phenoxy) is 1. The highest BCUT2D eigenvalue weighted by molar-refractivity contribution is 7.17. The molecule has 2 heterocycles. The van der Waals surface area contributed by atoms with Gasteiger partial charge in [-0.15, -0.1) is 11.3 Å². The van der Waals surface area contributed by atoms with E-state index in [1.165, 1.54) is 18.4 Å². The SMILES string of the molecule is COC(=O)[C@@H]1C[C@H](NC(C)(C)C)CC[C@@H]1N1CC[C@H](NC(=O)c2ccc(-c3ccccc3)s2)C1=O. The van der Waals surface area contributed by atoms with Gasteiger partial charge in [0.05, 0.1) is 17.9 Å². The molecule has 2 N–H and O–H groups in total. The van der Waals surface area contributed by atoms with Gasteiger partial charge in [-0.1, -0.05) is 30.3 Å². The van der Waals surface area contributed by atoms with Crippen LogP contribution >= 0.6 is 11.3 Å². The van der Waals surface area contributed by atoms with Crippen molar-refractivity contribution in [3.8, 4) is 10.4 Å². The molecule has 2 aromatic rings. The number of carbonyl (C=O) groups is 3. The van der Waals surface area contributed by atoms with Crippen LogP contribution in [0.4, 0.5) is 0 Å². The minimum atomic E-state index is -0.575. The van der Waals surface area contributed by atoms with Gasteiger partial charge in [-0.05, 0) is 64.2 Å². The third-order valence-electron chi connectivity index (χ3n) is 6.79. The van der Waals surface area contributed by atoms with Crippen LogP contribution in [0.2, 0.25) is 0 Å². The highest BCUT2D eigenvalue weighted by atomic mass is 32.1. The molecule has 2 aliphatic rings. The molecular formula is C27H35N3O4S.